The largest absolute Gasteiger partial charge is 0.381 e. The number of anilines is 1. The molecule has 1 aliphatic heterocycles. The van der Waals surface area contributed by atoms with Crippen LogP contribution in [0.4, 0.5) is 5.13 Å². The van der Waals surface area contributed by atoms with Crippen LogP contribution in [-0.2, 0) is 17.7 Å². The van der Waals surface area contributed by atoms with E-state index in [1.54, 1.807) is 0 Å². The van der Waals surface area contributed by atoms with E-state index in [1.165, 1.54) is 35.0 Å². The molecule has 5 heteroatoms. The summed E-state index contributed by atoms with van der Waals surface area (Å²) in [4.78, 5) is 8.76. The second-order valence-electron chi connectivity index (χ2n) is 6.23. The summed E-state index contributed by atoms with van der Waals surface area (Å²) in [5.41, 5.74) is 1.31. The van der Waals surface area contributed by atoms with Crippen molar-refractivity contribution in [1.82, 2.24) is 10.3 Å². The van der Waals surface area contributed by atoms with Gasteiger partial charge in [-0.05, 0) is 32.1 Å². The van der Waals surface area contributed by atoms with Crippen molar-refractivity contribution in [3.63, 3.8) is 0 Å². The third-order valence-electron chi connectivity index (χ3n) is 4.42. The van der Waals surface area contributed by atoms with Crippen molar-refractivity contribution in [1.29, 1.82) is 0 Å². The highest BCUT2D eigenvalue weighted by Gasteiger charge is 2.24. The SMILES string of the molecule is CCCc1nc(N(C)C2CCOCC2)sc1CNC1CC1. The quantitative estimate of drug-likeness (QED) is 0.840. The van der Waals surface area contributed by atoms with E-state index in [-0.39, 0.29) is 0 Å². The molecule has 0 spiro atoms. The average Bonchev–Trinajstić information content (AvgIpc) is 3.27. The zero-order valence-electron chi connectivity index (χ0n) is 13.2. The van der Waals surface area contributed by atoms with Crippen LogP contribution in [0.25, 0.3) is 0 Å². The number of hydrogen-bond acceptors (Lipinski definition) is 5. The Kier molecular flexibility index (Phi) is 5.14. The first-order valence-electron chi connectivity index (χ1n) is 8.30. The number of ether oxygens (including phenoxy) is 1. The van der Waals surface area contributed by atoms with Crippen molar-refractivity contribution in [3.8, 4) is 0 Å². The van der Waals surface area contributed by atoms with Gasteiger partial charge in [-0.1, -0.05) is 13.3 Å². The first-order chi connectivity index (χ1) is 10.3. The molecule has 21 heavy (non-hydrogen) atoms. The van der Waals surface area contributed by atoms with E-state index in [2.05, 4.69) is 24.2 Å². The number of aryl methyl sites for hydroxylation is 1. The molecule has 0 radical (unpaired) electrons. The number of rotatable bonds is 7. The van der Waals surface area contributed by atoms with E-state index in [4.69, 9.17) is 9.72 Å². The van der Waals surface area contributed by atoms with Gasteiger partial charge in [-0.15, -0.1) is 11.3 Å². The predicted molar refractivity (Wildman–Crippen MR) is 88.2 cm³/mol. The van der Waals surface area contributed by atoms with Crippen LogP contribution < -0.4 is 10.2 Å². The van der Waals surface area contributed by atoms with E-state index < -0.39 is 0 Å². The maximum absolute atomic E-state index is 5.47. The smallest absolute Gasteiger partial charge is 0.185 e. The van der Waals surface area contributed by atoms with Gasteiger partial charge in [0.15, 0.2) is 5.13 Å². The molecule has 1 saturated carbocycles. The predicted octanol–water partition coefficient (Wildman–Crippen LogP) is 2.96. The minimum atomic E-state index is 0.587. The van der Waals surface area contributed by atoms with Crippen LogP contribution in [0.3, 0.4) is 0 Å². The molecule has 0 atom stereocenters. The minimum Gasteiger partial charge on any atom is -0.381 e. The average molecular weight is 309 g/mol. The Balaban J connectivity index is 1.69. The number of thiazole rings is 1. The fraction of sp³-hybridized carbons (Fsp3) is 0.812. The van der Waals surface area contributed by atoms with Crippen LogP contribution in [0.5, 0.6) is 0 Å². The van der Waals surface area contributed by atoms with Gasteiger partial charge >= 0.3 is 0 Å². The molecule has 0 amide bonds. The zero-order chi connectivity index (χ0) is 14.7. The Bertz CT molecular complexity index is 452. The molecule has 2 fully saturated rings. The molecule has 1 N–H and O–H groups in total. The van der Waals surface area contributed by atoms with Gasteiger partial charge in [0, 0.05) is 43.8 Å². The highest BCUT2D eigenvalue weighted by atomic mass is 32.1. The monoisotopic (exact) mass is 309 g/mol. The molecule has 1 aliphatic carbocycles. The topological polar surface area (TPSA) is 37.4 Å². The zero-order valence-corrected chi connectivity index (χ0v) is 14.0. The van der Waals surface area contributed by atoms with Crippen molar-refractivity contribution in [2.75, 3.05) is 25.2 Å². The molecular weight excluding hydrogens is 282 g/mol. The van der Waals surface area contributed by atoms with Crippen LogP contribution in [0.15, 0.2) is 0 Å². The lowest BCUT2D eigenvalue weighted by atomic mass is 10.1. The highest BCUT2D eigenvalue weighted by molar-refractivity contribution is 7.15. The molecule has 1 saturated heterocycles. The van der Waals surface area contributed by atoms with Crippen molar-refractivity contribution in [2.45, 2.75) is 64.1 Å². The summed E-state index contributed by atoms with van der Waals surface area (Å²) < 4.78 is 5.47. The fourth-order valence-electron chi connectivity index (χ4n) is 2.84. The summed E-state index contributed by atoms with van der Waals surface area (Å²) in [6, 6.07) is 1.35. The maximum Gasteiger partial charge on any atom is 0.185 e. The van der Waals surface area contributed by atoms with E-state index in [1.807, 2.05) is 11.3 Å². The van der Waals surface area contributed by atoms with E-state index in [0.29, 0.717) is 6.04 Å². The molecule has 2 heterocycles. The van der Waals surface area contributed by atoms with Crippen molar-refractivity contribution >= 4 is 16.5 Å². The number of aromatic nitrogens is 1. The van der Waals surface area contributed by atoms with E-state index in [0.717, 1.165) is 45.1 Å². The first kappa shape index (κ1) is 15.3. The van der Waals surface area contributed by atoms with Gasteiger partial charge in [-0.2, -0.15) is 0 Å². The Labute approximate surface area is 131 Å². The lowest BCUT2D eigenvalue weighted by molar-refractivity contribution is 0.0855. The second kappa shape index (κ2) is 7.07. The van der Waals surface area contributed by atoms with Crippen LogP contribution in [0.1, 0.15) is 49.6 Å². The van der Waals surface area contributed by atoms with Gasteiger partial charge in [0.1, 0.15) is 0 Å². The van der Waals surface area contributed by atoms with E-state index in [9.17, 15) is 0 Å². The third kappa shape index (κ3) is 3.96. The standard InChI is InChI=1S/C16H27N3OS/c1-3-4-14-15(11-17-12-5-6-12)21-16(18-14)19(2)13-7-9-20-10-8-13/h12-13,17H,3-11H2,1-2H3. The summed E-state index contributed by atoms with van der Waals surface area (Å²) in [7, 11) is 2.20. The first-order valence-corrected chi connectivity index (χ1v) is 9.12. The molecule has 1 aromatic rings. The van der Waals surface area contributed by atoms with Gasteiger partial charge in [-0.25, -0.2) is 4.98 Å². The lowest BCUT2D eigenvalue weighted by Crippen LogP contribution is -2.36. The maximum atomic E-state index is 5.47. The normalized spacial score (nSPS) is 19.9. The molecule has 4 nitrogen and oxygen atoms in total. The third-order valence-corrected chi connectivity index (χ3v) is 5.61. The molecule has 1 aromatic heterocycles. The van der Waals surface area contributed by atoms with Crippen molar-refractivity contribution in [2.24, 2.45) is 0 Å². The second-order valence-corrected chi connectivity index (χ2v) is 7.29. The van der Waals surface area contributed by atoms with E-state index >= 15 is 0 Å². The summed E-state index contributed by atoms with van der Waals surface area (Å²) >= 11 is 1.88. The van der Waals surface area contributed by atoms with Gasteiger partial charge in [0.2, 0.25) is 0 Å². The van der Waals surface area contributed by atoms with Gasteiger partial charge in [0.05, 0.1) is 5.69 Å². The van der Waals surface area contributed by atoms with Gasteiger partial charge in [-0.3, -0.25) is 0 Å². The van der Waals surface area contributed by atoms with Crippen LogP contribution in [0.2, 0.25) is 0 Å². The molecule has 2 aliphatic rings. The van der Waals surface area contributed by atoms with Crippen molar-refractivity contribution in [3.05, 3.63) is 10.6 Å². The summed E-state index contributed by atoms with van der Waals surface area (Å²) in [5.74, 6) is 0. The highest BCUT2D eigenvalue weighted by Crippen LogP contribution is 2.30. The fourth-order valence-corrected chi connectivity index (χ4v) is 3.93. The van der Waals surface area contributed by atoms with Crippen LogP contribution in [0, 0.1) is 0 Å². The molecule has 3 rings (SSSR count). The molecule has 118 valence electrons. The Morgan fingerprint density at radius 3 is 2.71 bits per heavy atom. The number of nitrogens with zero attached hydrogens (tertiary/aromatic N) is 2. The Morgan fingerprint density at radius 2 is 2.05 bits per heavy atom. The minimum absolute atomic E-state index is 0.587. The van der Waals surface area contributed by atoms with Crippen LogP contribution in [-0.4, -0.2) is 37.3 Å². The number of nitrogens with one attached hydrogen (secondary N) is 1. The van der Waals surface area contributed by atoms with Crippen molar-refractivity contribution < 1.29 is 4.74 Å². The Hall–Kier alpha value is -0.650. The summed E-state index contributed by atoms with van der Waals surface area (Å²) in [6.07, 6.45) is 7.19. The molecule has 0 unspecified atom stereocenters. The number of hydrogen-bond donors (Lipinski definition) is 1. The van der Waals surface area contributed by atoms with Crippen LogP contribution >= 0.6 is 11.3 Å². The lowest BCUT2D eigenvalue weighted by Gasteiger charge is -2.30. The molecular formula is C16H27N3OS. The summed E-state index contributed by atoms with van der Waals surface area (Å²) in [6.45, 7) is 5.01. The summed E-state index contributed by atoms with van der Waals surface area (Å²) in [5, 5.41) is 4.83. The molecule has 0 aromatic carbocycles. The van der Waals surface area contributed by atoms with Gasteiger partial charge in [0.25, 0.3) is 0 Å². The Morgan fingerprint density at radius 1 is 1.29 bits per heavy atom. The van der Waals surface area contributed by atoms with Gasteiger partial charge < -0.3 is 15.0 Å². The molecule has 0 bridgehead atoms.